The lowest BCUT2D eigenvalue weighted by Crippen LogP contribution is -2.35. The maximum Gasteiger partial charge on any atom is 0.305 e. The van der Waals surface area contributed by atoms with Crippen molar-refractivity contribution in [1.82, 2.24) is 4.90 Å². The first-order valence-corrected chi connectivity index (χ1v) is 7.99. The number of nitrogens with zero attached hydrogens (tertiary/aromatic N) is 1. The lowest BCUT2D eigenvalue weighted by atomic mass is 9.87. The number of hydrogen-bond acceptors (Lipinski definition) is 3. The molecule has 0 bridgehead atoms. The summed E-state index contributed by atoms with van der Waals surface area (Å²) in [6.45, 7) is 5.90. The van der Waals surface area contributed by atoms with Crippen molar-refractivity contribution in [2.75, 3.05) is 20.2 Å². The van der Waals surface area contributed by atoms with Crippen molar-refractivity contribution < 1.29 is 9.53 Å². The summed E-state index contributed by atoms with van der Waals surface area (Å²) >= 11 is 0. The molecule has 1 aliphatic carbocycles. The Balaban J connectivity index is 2.01. The first kappa shape index (κ1) is 16.5. The fourth-order valence-electron chi connectivity index (χ4n) is 2.91. The van der Waals surface area contributed by atoms with Crippen molar-refractivity contribution in [2.24, 2.45) is 5.92 Å². The van der Waals surface area contributed by atoms with Gasteiger partial charge in [0.15, 0.2) is 0 Å². The number of carbonyl (C=O) groups is 1. The number of carbonyl (C=O) groups excluding carboxylic acids is 1. The van der Waals surface area contributed by atoms with Crippen LogP contribution in [0.15, 0.2) is 0 Å². The highest BCUT2D eigenvalue weighted by atomic mass is 16.5. The molecule has 19 heavy (non-hydrogen) atoms. The summed E-state index contributed by atoms with van der Waals surface area (Å²) < 4.78 is 4.93. The lowest BCUT2D eigenvalue weighted by molar-refractivity contribution is -0.143. The number of esters is 1. The maximum absolute atomic E-state index is 11.2. The first-order valence-electron chi connectivity index (χ1n) is 7.99. The van der Waals surface area contributed by atoms with Gasteiger partial charge in [-0.25, -0.2) is 0 Å². The molecule has 1 fully saturated rings. The highest BCUT2D eigenvalue weighted by molar-refractivity contribution is 5.69. The molecule has 112 valence electrons. The van der Waals surface area contributed by atoms with E-state index >= 15 is 0 Å². The Hall–Kier alpha value is -0.570. The molecule has 0 aromatic carbocycles. The third-order valence-electron chi connectivity index (χ3n) is 4.31. The summed E-state index contributed by atoms with van der Waals surface area (Å²) in [5.74, 6) is 0.881. The molecule has 0 aromatic rings. The van der Waals surface area contributed by atoms with E-state index in [0.29, 0.717) is 13.0 Å². The molecular formula is C16H31NO2. The van der Waals surface area contributed by atoms with Crippen LogP contribution in [0.5, 0.6) is 0 Å². The second kappa shape index (κ2) is 9.35. The van der Waals surface area contributed by atoms with Gasteiger partial charge in [-0.2, -0.15) is 0 Å². The van der Waals surface area contributed by atoms with Crippen LogP contribution < -0.4 is 0 Å². The predicted octanol–water partition coefficient (Wildman–Crippen LogP) is 3.62. The van der Waals surface area contributed by atoms with E-state index < -0.39 is 0 Å². The van der Waals surface area contributed by atoms with Gasteiger partial charge in [0.2, 0.25) is 0 Å². The van der Waals surface area contributed by atoms with Crippen LogP contribution in [0.4, 0.5) is 0 Å². The fraction of sp³-hybridized carbons (Fsp3) is 0.938. The molecule has 0 atom stereocenters. The van der Waals surface area contributed by atoms with Crippen LogP contribution in [-0.4, -0.2) is 37.1 Å². The number of hydrogen-bond donors (Lipinski definition) is 0. The number of unbranched alkanes of at least 4 members (excludes halogenated alkanes) is 2. The van der Waals surface area contributed by atoms with Crippen LogP contribution in [0.1, 0.15) is 65.2 Å². The van der Waals surface area contributed by atoms with E-state index in [4.69, 9.17) is 4.74 Å². The van der Waals surface area contributed by atoms with E-state index in [2.05, 4.69) is 18.9 Å². The van der Waals surface area contributed by atoms with Gasteiger partial charge < -0.3 is 9.64 Å². The minimum Gasteiger partial charge on any atom is -0.466 e. The number of ether oxygens (including phenoxy) is 1. The van der Waals surface area contributed by atoms with Gasteiger partial charge in [-0.05, 0) is 65.0 Å². The Labute approximate surface area is 118 Å². The molecule has 0 unspecified atom stereocenters. The molecule has 0 aliphatic heterocycles. The summed E-state index contributed by atoms with van der Waals surface area (Å²) in [5.41, 5.74) is 0. The average Bonchev–Trinajstić information content (AvgIpc) is 2.39. The van der Waals surface area contributed by atoms with E-state index in [1.807, 2.05) is 6.92 Å². The van der Waals surface area contributed by atoms with Gasteiger partial charge in [0.05, 0.1) is 6.61 Å². The summed E-state index contributed by atoms with van der Waals surface area (Å²) in [6, 6.07) is 0.793. The second-order valence-electron chi connectivity index (χ2n) is 6.01. The molecule has 0 radical (unpaired) electrons. The smallest absolute Gasteiger partial charge is 0.305 e. The van der Waals surface area contributed by atoms with Crippen molar-refractivity contribution >= 4 is 5.97 Å². The zero-order valence-electron chi connectivity index (χ0n) is 13.0. The van der Waals surface area contributed by atoms with E-state index in [0.717, 1.165) is 24.8 Å². The van der Waals surface area contributed by atoms with Gasteiger partial charge in [-0.15, -0.1) is 0 Å². The Morgan fingerprint density at radius 2 is 1.84 bits per heavy atom. The third-order valence-corrected chi connectivity index (χ3v) is 4.31. The minimum atomic E-state index is -0.0443. The molecule has 0 amide bonds. The van der Waals surface area contributed by atoms with Crippen molar-refractivity contribution in [1.29, 1.82) is 0 Å². The van der Waals surface area contributed by atoms with E-state index in [9.17, 15) is 4.79 Å². The maximum atomic E-state index is 11.2. The topological polar surface area (TPSA) is 29.5 Å². The quantitative estimate of drug-likeness (QED) is 0.498. The van der Waals surface area contributed by atoms with Crippen molar-refractivity contribution in [3.05, 3.63) is 0 Å². The Bertz CT molecular complexity index is 247. The monoisotopic (exact) mass is 269 g/mol. The van der Waals surface area contributed by atoms with E-state index in [-0.39, 0.29) is 5.97 Å². The summed E-state index contributed by atoms with van der Waals surface area (Å²) in [7, 11) is 2.26. The highest BCUT2D eigenvalue weighted by Gasteiger charge is 2.21. The molecule has 3 heteroatoms. The van der Waals surface area contributed by atoms with E-state index in [1.165, 1.54) is 38.6 Å². The molecule has 1 saturated carbocycles. The normalized spacial score (nSPS) is 23.6. The standard InChI is InChI=1S/C16H31NO2/c1-4-19-16(18)8-6-5-7-13-17(3)15-11-9-14(2)10-12-15/h14-15H,4-13H2,1-3H3. The van der Waals surface area contributed by atoms with Crippen molar-refractivity contribution in [2.45, 2.75) is 71.3 Å². The SMILES string of the molecule is CCOC(=O)CCCCCN(C)C1CCC(C)CC1. The third kappa shape index (κ3) is 6.95. The second-order valence-corrected chi connectivity index (χ2v) is 6.01. The van der Waals surface area contributed by atoms with Crippen LogP contribution >= 0.6 is 0 Å². The van der Waals surface area contributed by atoms with Crippen LogP contribution in [0, 0.1) is 5.92 Å². The van der Waals surface area contributed by atoms with Crippen LogP contribution in [0.2, 0.25) is 0 Å². The molecule has 1 rings (SSSR count). The lowest BCUT2D eigenvalue weighted by Gasteiger charge is -2.33. The largest absolute Gasteiger partial charge is 0.466 e. The summed E-state index contributed by atoms with van der Waals surface area (Å²) in [6.07, 6.45) is 9.37. The van der Waals surface area contributed by atoms with Gasteiger partial charge in [0, 0.05) is 12.5 Å². The van der Waals surface area contributed by atoms with Gasteiger partial charge in [0.1, 0.15) is 0 Å². The minimum absolute atomic E-state index is 0.0443. The summed E-state index contributed by atoms with van der Waals surface area (Å²) in [4.78, 5) is 13.7. The highest BCUT2D eigenvalue weighted by Crippen LogP contribution is 2.26. The van der Waals surface area contributed by atoms with Crippen molar-refractivity contribution in [3.8, 4) is 0 Å². The van der Waals surface area contributed by atoms with E-state index in [1.54, 1.807) is 0 Å². The zero-order chi connectivity index (χ0) is 14.1. The molecular weight excluding hydrogens is 238 g/mol. The Morgan fingerprint density at radius 1 is 1.16 bits per heavy atom. The van der Waals surface area contributed by atoms with Crippen LogP contribution in [-0.2, 0) is 9.53 Å². The Morgan fingerprint density at radius 3 is 2.47 bits per heavy atom. The molecule has 0 N–H and O–H groups in total. The van der Waals surface area contributed by atoms with Gasteiger partial charge in [-0.1, -0.05) is 13.3 Å². The van der Waals surface area contributed by atoms with Crippen LogP contribution in [0.3, 0.4) is 0 Å². The van der Waals surface area contributed by atoms with Crippen LogP contribution in [0.25, 0.3) is 0 Å². The zero-order valence-corrected chi connectivity index (χ0v) is 13.0. The molecule has 1 aliphatic rings. The predicted molar refractivity (Wildman–Crippen MR) is 79.2 cm³/mol. The molecule has 3 nitrogen and oxygen atoms in total. The molecule has 0 spiro atoms. The Kier molecular flexibility index (Phi) is 8.11. The van der Waals surface area contributed by atoms with Gasteiger partial charge in [0.25, 0.3) is 0 Å². The number of rotatable bonds is 8. The first-order chi connectivity index (χ1) is 9.13. The fourth-order valence-corrected chi connectivity index (χ4v) is 2.91. The average molecular weight is 269 g/mol. The van der Waals surface area contributed by atoms with Gasteiger partial charge >= 0.3 is 5.97 Å². The molecule has 0 aromatic heterocycles. The molecule has 0 heterocycles. The van der Waals surface area contributed by atoms with Crippen molar-refractivity contribution in [3.63, 3.8) is 0 Å². The van der Waals surface area contributed by atoms with Gasteiger partial charge in [-0.3, -0.25) is 4.79 Å². The summed E-state index contributed by atoms with van der Waals surface area (Å²) in [5, 5.41) is 0. The molecule has 0 saturated heterocycles.